The first kappa shape index (κ1) is 15.9. The fourth-order valence-electron chi connectivity index (χ4n) is 1.78. The van der Waals surface area contributed by atoms with Crippen molar-refractivity contribution in [2.75, 3.05) is 12.8 Å². The number of hydrogen-bond donors (Lipinski definition) is 3. The lowest BCUT2D eigenvalue weighted by Crippen LogP contribution is -2.37. The predicted octanol–water partition coefficient (Wildman–Crippen LogP) is 3.00. The van der Waals surface area contributed by atoms with E-state index in [0.717, 1.165) is 15.3 Å². The van der Waals surface area contributed by atoms with Crippen LogP contribution in [0.25, 0.3) is 0 Å². The largest absolute Gasteiger partial charge is 0.387 e. The van der Waals surface area contributed by atoms with Crippen molar-refractivity contribution in [1.82, 2.24) is 10.6 Å². The highest BCUT2D eigenvalue weighted by Crippen LogP contribution is 2.18. The average molecular weight is 322 g/mol. The number of rotatable bonds is 6. The number of nitrogens with one attached hydrogen (secondary N) is 2. The summed E-state index contributed by atoms with van der Waals surface area (Å²) < 4.78 is 0. The average Bonchev–Trinajstić information content (AvgIpc) is 3.04. The molecule has 0 saturated heterocycles. The molecule has 3 N–H and O–H groups in total. The maximum absolute atomic E-state index is 11.6. The lowest BCUT2D eigenvalue weighted by atomic mass is 10.1. The molecule has 0 bridgehead atoms. The van der Waals surface area contributed by atoms with Crippen molar-refractivity contribution in [2.24, 2.45) is 0 Å². The van der Waals surface area contributed by atoms with Gasteiger partial charge in [-0.25, -0.2) is 4.79 Å². The van der Waals surface area contributed by atoms with Crippen LogP contribution in [0, 0.1) is 0 Å². The zero-order valence-corrected chi connectivity index (χ0v) is 13.3. The Hall–Kier alpha value is -1.50. The number of carbonyl (C=O) groups is 1. The molecule has 2 amide bonds. The summed E-state index contributed by atoms with van der Waals surface area (Å²) in [4.78, 5) is 13.9. The van der Waals surface area contributed by atoms with Gasteiger partial charge in [0, 0.05) is 16.3 Å². The van der Waals surface area contributed by atoms with Gasteiger partial charge in [-0.1, -0.05) is 18.2 Å². The Balaban J connectivity index is 1.74. The third kappa shape index (κ3) is 5.08. The highest BCUT2D eigenvalue weighted by atomic mass is 32.2. The van der Waals surface area contributed by atoms with E-state index in [1.54, 1.807) is 23.1 Å². The Morgan fingerprint density at radius 2 is 2.05 bits per heavy atom. The monoisotopic (exact) mass is 322 g/mol. The Morgan fingerprint density at radius 1 is 1.29 bits per heavy atom. The van der Waals surface area contributed by atoms with Crippen molar-refractivity contribution in [3.63, 3.8) is 0 Å². The molecule has 112 valence electrons. The van der Waals surface area contributed by atoms with Crippen molar-refractivity contribution < 1.29 is 9.90 Å². The molecular weight excluding hydrogens is 304 g/mol. The smallest absolute Gasteiger partial charge is 0.315 e. The molecule has 0 radical (unpaired) electrons. The topological polar surface area (TPSA) is 61.4 Å². The lowest BCUT2D eigenvalue weighted by molar-refractivity contribution is 0.173. The van der Waals surface area contributed by atoms with E-state index in [4.69, 9.17) is 0 Å². The summed E-state index contributed by atoms with van der Waals surface area (Å²) in [5.41, 5.74) is 0.798. The van der Waals surface area contributed by atoms with Gasteiger partial charge in [0.1, 0.15) is 0 Å². The molecular formula is C15H18N2O2S2. The molecule has 1 aromatic heterocycles. The molecule has 2 rings (SSSR count). The number of thiophene rings is 1. The van der Waals surface area contributed by atoms with Crippen LogP contribution in [0.4, 0.5) is 4.79 Å². The van der Waals surface area contributed by atoms with Gasteiger partial charge >= 0.3 is 6.03 Å². The number of benzene rings is 1. The van der Waals surface area contributed by atoms with Crippen LogP contribution in [0.2, 0.25) is 0 Å². The van der Waals surface area contributed by atoms with Crippen LogP contribution in [0.15, 0.2) is 46.7 Å². The molecule has 0 aliphatic carbocycles. The molecule has 1 heterocycles. The maximum Gasteiger partial charge on any atom is 0.315 e. The summed E-state index contributed by atoms with van der Waals surface area (Å²) in [5, 5.41) is 17.4. The lowest BCUT2D eigenvalue weighted by Gasteiger charge is -2.13. The van der Waals surface area contributed by atoms with Crippen LogP contribution in [-0.2, 0) is 6.54 Å². The molecule has 1 aromatic carbocycles. The van der Waals surface area contributed by atoms with Crippen LogP contribution in [0.3, 0.4) is 0 Å². The molecule has 0 spiro atoms. The van der Waals surface area contributed by atoms with Crippen LogP contribution in [0.1, 0.15) is 16.5 Å². The van der Waals surface area contributed by atoms with E-state index in [-0.39, 0.29) is 12.6 Å². The minimum atomic E-state index is -0.701. The quantitative estimate of drug-likeness (QED) is 0.717. The molecule has 4 nitrogen and oxygen atoms in total. The second-order valence-electron chi connectivity index (χ2n) is 4.43. The van der Waals surface area contributed by atoms with Gasteiger partial charge in [-0.15, -0.1) is 23.1 Å². The van der Waals surface area contributed by atoms with E-state index in [1.165, 1.54) is 0 Å². The predicted molar refractivity (Wildman–Crippen MR) is 87.7 cm³/mol. The third-order valence-electron chi connectivity index (χ3n) is 2.96. The molecule has 0 fully saturated rings. The highest BCUT2D eigenvalue weighted by molar-refractivity contribution is 7.98. The van der Waals surface area contributed by atoms with Gasteiger partial charge < -0.3 is 15.7 Å². The number of aliphatic hydroxyl groups is 1. The van der Waals surface area contributed by atoms with Crippen molar-refractivity contribution in [3.8, 4) is 0 Å². The van der Waals surface area contributed by atoms with E-state index in [9.17, 15) is 9.90 Å². The summed E-state index contributed by atoms with van der Waals surface area (Å²) in [7, 11) is 0. The van der Waals surface area contributed by atoms with Gasteiger partial charge in [0.05, 0.1) is 12.6 Å². The van der Waals surface area contributed by atoms with Gasteiger partial charge in [-0.3, -0.25) is 0 Å². The van der Waals surface area contributed by atoms with E-state index < -0.39 is 6.10 Å². The standard InChI is InChI=1S/C15H18N2O2S2/c1-20-12-6-4-11(5-7-12)14(18)10-17-15(19)16-9-13-3-2-8-21-13/h2-8,14,18H,9-10H2,1H3,(H2,16,17,19)/t14-/m1/s1. The molecule has 2 aromatic rings. The fourth-order valence-corrected chi connectivity index (χ4v) is 2.83. The van der Waals surface area contributed by atoms with Crippen molar-refractivity contribution in [2.45, 2.75) is 17.5 Å². The first-order valence-electron chi connectivity index (χ1n) is 6.55. The SMILES string of the molecule is CSc1ccc([C@H](O)CNC(=O)NCc2cccs2)cc1. The van der Waals surface area contributed by atoms with Crippen molar-refractivity contribution in [3.05, 3.63) is 52.2 Å². The summed E-state index contributed by atoms with van der Waals surface area (Å²) in [6, 6.07) is 11.3. The number of aliphatic hydroxyl groups excluding tert-OH is 1. The van der Waals surface area contributed by atoms with E-state index in [2.05, 4.69) is 10.6 Å². The number of amides is 2. The normalized spacial score (nSPS) is 11.9. The van der Waals surface area contributed by atoms with Crippen LogP contribution in [0.5, 0.6) is 0 Å². The molecule has 6 heteroatoms. The Kier molecular flexibility index (Phi) is 6.10. The van der Waals surface area contributed by atoms with Crippen molar-refractivity contribution in [1.29, 1.82) is 0 Å². The van der Waals surface area contributed by atoms with E-state index in [1.807, 2.05) is 48.0 Å². The minimum absolute atomic E-state index is 0.189. The Labute approximate surface area is 132 Å². The van der Waals surface area contributed by atoms with Gasteiger partial charge in [0.15, 0.2) is 0 Å². The fraction of sp³-hybridized carbons (Fsp3) is 0.267. The zero-order chi connectivity index (χ0) is 15.1. The van der Waals surface area contributed by atoms with E-state index in [0.29, 0.717) is 6.54 Å². The summed E-state index contributed by atoms with van der Waals surface area (Å²) in [6.45, 7) is 0.691. The first-order chi connectivity index (χ1) is 10.2. The molecule has 0 aliphatic rings. The molecule has 0 saturated carbocycles. The second kappa shape index (κ2) is 8.07. The number of carbonyl (C=O) groups excluding carboxylic acids is 1. The van der Waals surface area contributed by atoms with Crippen LogP contribution < -0.4 is 10.6 Å². The number of thioether (sulfide) groups is 1. The second-order valence-corrected chi connectivity index (χ2v) is 6.34. The number of urea groups is 1. The van der Waals surface area contributed by atoms with Crippen LogP contribution >= 0.6 is 23.1 Å². The molecule has 1 atom stereocenters. The molecule has 0 aliphatic heterocycles. The van der Waals surface area contributed by atoms with Crippen LogP contribution in [-0.4, -0.2) is 23.9 Å². The summed E-state index contributed by atoms with van der Waals surface area (Å²) in [6.07, 6.45) is 1.30. The first-order valence-corrected chi connectivity index (χ1v) is 8.65. The summed E-state index contributed by atoms with van der Waals surface area (Å²) >= 11 is 3.25. The van der Waals surface area contributed by atoms with Gasteiger partial charge in [0.25, 0.3) is 0 Å². The highest BCUT2D eigenvalue weighted by Gasteiger charge is 2.09. The third-order valence-corrected chi connectivity index (χ3v) is 4.58. The Morgan fingerprint density at radius 3 is 2.67 bits per heavy atom. The van der Waals surface area contributed by atoms with E-state index >= 15 is 0 Å². The number of hydrogen-bond acceptors (Lipinski definition) is 4. The summed E-state index contributed by atoms with van der Waals surface area (Å²) in [5.74, 6) is 0. The molecule has 21 heavy (non-hydrogen) atoms. The van der Waals surface area contributed by atoms with Gasteiger partial charge in [-0.05, 0) is 35.4 Å². The molecule has 0 unspecified atom stereocenters. The Bertz CT molecular complexity index is 556. The zero-order valence-electron chi connectivity index (χ0n) is 11.7. The maximum atomic E-state index is 11.6. The van der Waals surface area contributed by atoms with Gasteiger partial charge in [0.2, 0.25) is 0 Å². The van der Waals surface area contributed by atoms with Gasteiger partial charge in [-0.2, -0.15) is 0 Å². The minimum Gasteiger partial charge on any atom is -0.387 e. The van der Waals surface area contributed by atoms with Crippen molar-refractivity contribution >= 4 is 29.1 Å².